The molecule has 20 heavy (non-hydrogen) atoms. The summed E-state index contributed by atoms with van der Waals surface area (Å²) >= 11 is 6.69. The van der Waals surface area contributed by atoms with Gasteiger partial charge in [0.2, 0.25) is 0 Å². The third kappa shape index (κ3) is 2.55. The second-order valence-electron chi connectivity index (χ2n) is 4.43. The molecule has 100 valence electrons. The second-order valence-corrected chi connectivity index (χ2v) is 6.20. The van der Waals surface area contributed by atoms with E-state index >= 15 is 0 Å². The lowest BCUT2D eigenvalue weighted by atomic mass is 10.1. The highest BCUT2D eigenvalue weighted by Crippen LogP contribution is 2.18. The molecule has 0 unspecified atom stereocenters. The van der Waals surface area contributed by atoms with Gasteiger partial charge in [-0.15, -0.1) is 0 Å². The Morgan fingerprint density at radius 2 is 1.95 bits per heavy atom. The van der Waals surface area contributed by atoms with Gasteiger partial charge in [0.1, 0.15) is 0 Å². The van der Waals surface area contributed by atoms with Crippen LogP contribution in [-0.2, 0) is 6.54 Å². The molecule has 2 heterocycles. The standard InChI is InChI=1S/C15H10Br2N2O/c16-12-7-13(17)15(20)19(9-12)8-11-4-1-3-10-5-2-6-18-14(10)11/h1-7,9H,8H2. The first-order valence-electron chi connectivity index (χ1n) is 6.03. The Bertz CT molecular complexity index is 837. The molecule has 0 aliphatic carbocycles. The number of para-hydroxylation sites is 1. The van der Waals surface area contributed by atoms with Crippen LogP contribution in [0, 0.1) is 0 Å². The lowest BCUT2D eigenvalue weighted by molar-refractivity contribution is 0.755. The van der Waals surface area contributed by atoms with Crippen LogP contribution in [0.15, 0.2) is 62.5 Å². The highest BCUT2D eigenvalue weighted by atomic mass is 79.9. The van der Waals surface area contributed by atoms with Crippen LogP contribution in [0.3, 0.4) is 0 Å². The fourth-order valence-electron chi connectivity index (χ4n) is 2.16. The Balaban J connectivity index is 2.13. The van der Waals surface area contributed by atoms with Gasteiger partial charge >= 0.3 is 0 Å². The Kier molecular flexibility index (Phi) is 3.72. The number of benzene rings is 1. The third-order valence-electron chi connectivity index (χ3n) is 3.07. The lowest BCUT2D eigenvalue weighted by Crippen LogP contribution is -2.20. The maximum Gasteiger partial charge on any atom is 0.265 e. The summed E-state index contributed by atoms with van der Waals surface area (Å²) in [7, 11) is 0. The highest BCUT2D eigenvalue weighted by molar-refractivity contribution is 9.11. The first-order chi connectivity index (χ1) is 9.65. The molecule has 3 aromatic rings. The van der Waals surface area contributed by atoms with Gasteiger partial charge in [0.25, 0.3) is 5.56 Å². The molecule has 0 radical (unpaired) electrons. The molecule has 0 N–H and O–H groups in total. The predicted octanol–water partition coefficient (Wildman–Crippen LogP) is 3.97. The van der Waals surface area contributed by atoms with Crippen LogP contribution in [0.5, 0.6) is 0 Å². The number of nitrogens with zero attached hydrogens (tertiary/aromatic N) is 2. The largest absolute Gasteiger partial charge is 0.309 e. The van der Waals surface area contributed by atoms with Crippen LogP contribution in [-0.4, -0.2) is 9.55 Å². The zero-order valence-electron chi connectivity index (χ0n) is 10.4. The van der Waals surface area contributed by atoms with Gasteiger partial charge in [-0.1, -0.05) is 24.3 Å². The average molecular weight is 394 g/mol. The molecule has 0 saturated carbocycles. The Labute approximate surface area is 132 Å². The van der Waals surface area contributed by atoms with Gasteiger partial charge in [-0.3, -0.25) is 9.78 Å². The maximum atomic E-state index is 12.1. The molecule has 0 amide bonds. The van der Waals surface area contributed by atoms with Crippen LogP contribution in [0.4, 0.5) is 0 Å². The smallest absolute Gasteiger partial charge is 0.265 e. The van der Waals surface area contributed by atoms with Crippen molar-refractivity contribution >= 4 is 42.8 Å². The normalized spacial score (nSPS) is 10.9. The molecule has 1 aromatic carbocycles. The zero-order valence-corrected chi connectivity index (χ0v) is 13.6. The van der Waals surface area contributed by atoms with Crippen molar-refractivity contribution < 1.29 is 0 Å². The minimum Gasteiger partial charge on any atom is -0.309 e. The van der Waals surface area contributed by atoms with E-state index in [1.165, 1.54) is 0 Å². The van der Waals surface area contributed by atoms with Gasteiger partial charge in [0.15, 0.2) is 0 Å². The first kappa shape index (κ1) is 13.5. The molecule has 0 bridgehead atoms. The molecular formula is C15H10Br2N2O. The van der Waals surface area contributed by atoms with Crippen molar-refractivity contribution in [3.8, 4) is 0 Å². The molecule has 0 atom stereocenters. The molecule has 5 heteroatoms. The van der Waals surface area contributed by atoms with Crippen LogP contribution in [0.2, 0.25) is 0 Å². The van der Waals surface area contributed by atoms with E-state index in [1.807, 2.05) is 30.3 Å². The van der Waals surface area contributed by atoms with E-state index in [2.05, 4.69) is 36.8 Å². The minimum atomic E-state index is -0.0545. The van der Waals surface area contributed by atoms with E-state index < -0.39 is 0 Å². The number of halogens is 2. The van der Waals surface area contributed by atoms with E-state index in [-0.39, 0.29) is 5.56 Å². The average Bonchev–Trinajstić information content (AvgIpc) is 2.44. The lowest BCUT2D eigenvalue weighted by Gasteiger charge is -2.09. The van der Waals surface area contributed by atoms with Gasteiger partial charge in [-0.25, -0.2) is 0 Å². The van der Waals surface area contributed by atoms with Crippen LogP contribution in [0.1, 0.15) is 5.56 Å². The number of hydrogen-bond donors (Lipinski definition) is 0. The molecular weight excluding hydrogens is 384 g/mol. The summed E-state index contributed by atoms with van der Waals surface area (Å²) in [6.45, 7) is 0.491. The van der Waals surface area contributed by atoms with Crippen molar-refractivity contribution in [2.45, 2.75) is 6.54 Å². The number of pyridine rings is 2. The minimum absolute atomic E-state index is 0.0545. The van der Waals surface area contributed by atoms with Crippen molar-refractivity contribution in [3.05, 3.63) is 73.7 Å². The van der Waals surface area contributed by atoms with Gasteiger partial charge in [-0.2, -0.15) is 0 Å². The van der Waals surface area contributed by atoms with Gasteiger partial charge in [0, 0.05) is 22.3 Å². The number of rotatable bonds is 2. The van der Waals surface area contributed by atoms with E-state index in [4.69, 9.17) is 0 Å². The van der Waals surface area contributed by atoms with Crippen molar-refractivity contribution in [1.82, 2.24) is 9.55 Å². The Morgan fingerprint density at radius 1 is 1.15 bits per heavy atom. The van der Waals surface area contributed by atoms with Crippen molar-refractivity contribution in [2.75, 3.05) is 0 Å². The van der Waals surface area contributed by atoms with Crippen LogP contribution < -0.4 is 5.56 Å². The third-order valence-corrected chi connectivity index (χ3v) is 4.07. The van der Waals surface area contributed by atoms with Crippen LogP contribution in [0.25, 0.3) is 10.9 Å². The number of aromatic nitrogens is 2. The maximum absolute atomic E-state index is 12.1. The van der Waals surface area contributed by atoms with E-state index in [9.17, 15) is 4.79 Å². The molecule has 0 fully saturated rings. The van der Waals surface area contributed by atoms with E-state index in [0.717, 1.165) is 20.9 Å². The number of hydrogen-bond acceptors (Lipinski definition) is 2. The van der Waals surface area contributed by atoms with Crippen molar-refractivity contribution in [3.63, 3.8) is 0 Å². The summed E-state index contributed by atoms with van der Waals surface area (Å²) in [6, 6.07) is 11.7. The molecule has 0 spiro atoms. The monoisotopic (exact) mass is 392 g/mol. The Morgan fingerprint density at radius 3 is 2.80 bits per heavy atom. The molecule has 2 aromatic heterocycles. The molecule has 0 aliphatic heterocycles. The zero-order chi connectivity index (χ0) is 14.1. The van der Waals surface area contributed by atoms with Gasteiger partial charge in [0.05, 0.1) is 16.5 Å². The molecule has 0 aliphatic rings. The molecule has 3 nitrogen and oxygen atoms in total. The van der Waals surface area contributed by atoms with Crippen LogP contribution >= 0.6 is 31.9 Å². The van der Waals surface area contributed by atoms with Gasteiger partial charge < -0.3 is 4.57 Å². The quantitative estimate of drug-likeness (QED) is 0.660. The summed E-state index contributed by atoms with van der Waals surface area (Å²) in [5, 5.41) is 1.08. The fraction of sp³-hybridized carbons (Fsp3) is 0.0667. The van der Waals surface area contributed by atoms with Gasteiger partial charge in [-0.05, 0) is 49.6 Å². The Hall–Kier alpha value is -1.46. The second kappa shape index (κ2) is 5.50. The summed E-state index contributed by atoms with van der Waals surface area (Å²) in [4.78, 5) is 16.5. The SMILES string of the molecule is O=c1c(Br)cc(Br)cn1Cc1cccc2cccnc12. The fourth-order valence-corrected chi connectivity index (χ4v) is 3.42. The van der Waals surface area contributed by atoms with E-state index in [0.29, 0.717) is 11.0 Å². The summed E-state index contributed by atoms with van der Waals surface area (Å²) in [6.07, 6.45) is 3.56. The van der Waals surface area contributed by atoms with E-state index in [1.54, 1.807) is 23.0 Å². The predicted molar refractivity (Wildman–Crippen MR) is 86.9 cm³/mol. The summed E-state index contributed by atoms with van der Waals surface area (Å²) in [5.74, 6) is 0. The molecule has 3 rings (SSSR count). The first-order valence-corrected chi connectivity index (χ1v) is 7.62. The number of fused-ring (bicyclic) bond motifs is 1. The highest BCUT2D eigenvalue weighted by Gasteiger charge is 2.07. The summed E-state index contributed by atoms with van der Waals surface area (Å²) in [5.41, 5.74) is 1.90. The van der Waals surface area contributed by atoms with Crippen molar-refractivity contribution in [1.29, 1.82) is 0 Å². The summed E-state index contributed by atoms with van der Waals surface area (Å²) < 4.78 is 3.06. The van der Waals surface area contributed by atoms with Crippen molar-refractivity contribution in [2.24, 2.45) is 0 Å². The molecule has 0 saturated heterocycles. The topological polar surface area (TPSA) is 34.9 Å².